The fraction of sp³-hybridized carbons (Fsp3) is 0.300. The van der Waals surface area contributed by atoms with E-state index in [1.54, 1.807) is 37.7 Å². The van der Waals surface area contributed by atoms with Crippen molar-refractivity contribution in [3.63, 3.8) is 0 Å². The van der Waals surface area contributed by atoms with E-state index < -0.39 is 11.8 Å². The van der Waals surface area contributed by atoms with Gasteiger partial charge >= 0.3 is 5.97 Å². The standard InChI is InChI=1S/C30H28FN7O5/c1-41-25-11-19(14-32)5-6-20(25)17-43-28-4-2-3-26(34-28)36-8-9-37(33-18-36)16-27-35-29-23(31)12-21(30(39)40)13-24(29)38(27)15-22-7-10-42-22/h2-6,11-13,18,22H,7-10,15-17H2,1H3,(H,39,40)/t22-/m0/s1. The predicted octanol–water partition coefficient (Wildman–Crippen LogP) is 3.78. The lowest BCUT2D eigenvalue weighted by molar-refractivity contribution is -0.0592. The SMILES string of the molecule is COc1cc(C#N)ccc1COc1cccc(N2C=NN(Cc3nc4c(F)cc(C(=O)O)cc4n3C[C@@H]3CCO3)CC2)n1. The molecule has 0 saturated carbocycles. The number of carboxylic acid groups (broad SMARTS) is 1. The van der Waals surface area contributed by atoms with Gasteiger partial charge < -0.3 is 28.8 Å². The molecular weight excluding hydrogens is 557 g/mol. The van der Waals surface area contributed by atoms with Gasteiger partial charge in [0, 0.05) is 24.8 Å². The first-order valence-corrected chi connectivity index (χ1v) is 13.7. The number of benzene rings is 2. The molecular formula is C30H28FN7O5. The number of pyridine rings is 1. The maximum Gasteiger partial charge on any atom is 0.335 e. The van der Waals surface area contributed by atoms with Crippen LogP contribution in [0.3, 0.4) is 0 Å². The highest BCUT2D eigenvalue weighted by Gasteiger charge is 2.25. The topological polar surface area (TPSA) is 138 Å². The second kappa shape index (κ2) is 11.9. The Kier molecular flexibility index (Phi) is 7.76. The summed E-state index contributed by atoms with van der Waals surface area (Å²) in [6.07, 6.45) is 2.50. The van der Waals surface area contributed by atoms with Crippen molar-refractivity contribution >= 4 is 29.2 Å². The van der Waals surface area contributed by atoms with E-state index in [1.165, 1.54) is 6.07 Å². The second-order valence-corrected chi connectivity index (χ2v) is 10.1. The van der Waals surface area contributed by atoms with Crippen molar-refractivity contribution in [1.82, 2.24) is 19.5 Å². The quantitative estimate of drug-likeness (QED) is 0.293. The molecule has 1 atom stereocenters. The van der Waals surface area contributed by atoms with Crippen molar-refractivity contribution in [2.75, 3.05) is 31.7 Å². The summed E-state index contributed by atoms with van der Waals surface area (Å²) in [4.78, 5) is 22.6. The van der Waals surface area contributed by atoms with E-state index in [9.17, 15) is 14.3 Å². The molecule has 220 valence electrons. The molecule has 2 aliphatic heterocycles. The third-order valence-corrected chi connectivity index (χ3v) is 7.39. The van der Waals surface area contributed by atoms with E-state index in [0.717, 1.165) is 18.1 Å². The van der Waals surface area contributed by atoms with Gasteiger partial charge in [0.25, 0.3) is 0 Å². The largest absolute Gasteiger partial charge is 0.496 e. The van der Waals surface area contributed by atoms with Gasteiger partial charge in [-0.05, 0) is 36.8 Å². The van der Waals surface area contributed by atoms with Crippen LogP contribution in [0.25, 0.3) is 11.0 Å². The zero-order valence-electron chi connectivity index (χ0n) is 23.3. The molecule has 1 N–H and O–H groups in total. The number of aromatic nitrogens is 3. The number of carboxylic acids is 1. The monoisotopic (exact) mass is 585 g/mol. The average Bonchev–Trinajstić information content (AvgIpc) is 3.35. The van der Waals surface area contributed by atoms with Crippen LogP contribution in [0.5, 0.6) is 11.6 Å². The number of nitrogens with zero attached hydrogens (tertiary/aromatic N) is 7. The highest BCUT2D eigenvalue weighted by molar-refractivity contribution is 5.92. The molecule has 0 spiro atoms. The van der Waals surface area contributed by atoms with Crippen LogP contribution in [-0.2, 0) is 24.4 Å². The Hall–Kier alpha value is -5.22. The van der Waals surface area contributed by atoms with Crippen LogP contribution in [0, 0.1) is 17.1 Å². The van der Waals surface area contributed by atoms with Crippen LogP contribution in [0.1, 0.15) is 33.7 Å². The Bertz CT molecular complexity index is 1750. The van der Waals surface area contributed by atoms with Crippen LogP contribution in [0.2, 0.25) is 0 Å². The van der Waals surface area contributed by atoms with Crippen molar-refractivity contribution in [3.8, 4) is 17.7 Å². The molecule has 4 aromatic rings. The first kappa shape index (κ1) is 27.9. The third-order valence-electron chi connectivity index (χ3n) is 7.39. The number of hydrogen-bond donors (Lipinski definition) is 1. The molecule has 12 nitrogen and oxygen atoms in total. The first-order valence-electron chi connectivity index (χ1n) is 13.7. The number of rotatable bonds is 10. The van der Waals surface area contributed by atoms with Crippen molar-refractivity contribution in [2.24, 2.45) is 5.10 Å². The van der Waals surface area contributed by atoms with Crippen molar-refractivity contribution < 1.29 is 28.5 Å². The number of halogens is 1. The van der Waals surface area contributed by atoms with Gasteiger partial charge in [-0.25, -0.2) is 14.2 Å². The smallest absolute Gasteiger partial charge is 0.335 e. The number of anilines is 1. The number of aromatic carboxylic acids is 1. The minimum Gasteiger partial charge on any atom is -0.496 e. The van der Waals surface area contributed by atoms with Crippen molar-refractivity contribution in [1.29, 1.82) is 5.26 Å². The van der Waals surface area contributed by atoms with Gasteiger partial charge in [0.2, 0.25) is 5.88 Å². The highest BCUT2D eigenvalue weighted by atomic mass is 19.1. The lowest BCUT2D eigenvalue weighted by atomic mass is 10.1. The zero-order valence-corrected chi connectivity index (χ0v) is 23.3. The molecule has 2 aromatic carbocycles. The second-order valence-electron chi connectivity index (χ2n) is 10.1. The maximum absolute atomic E-state index is 14.8. The molecule has 0 unspecified atom stereocenters. The van der Waals surface area contributed by atoms with E-state index in [1.807, 2.05) is 26.6 Å². The summed E-state index contributed by atoms with van der Waals surface area (Å²) < 4.78 is 33.6. The fourth-order valence-electron chi connectivity index (χ4n) is 4.97. The van der Waals surface area contributed by atoms with Crippen LogP contribution in [-0.4, -0.2) is 69.9 Å². The lowest BCUT2D eigenvalue weighted by Gasteiger charge is -2.30. The summed E-state index contributed by atoms with van der Waals surface area (Å²) in [5, 5.41) is 25.0. The molecule has 0 bridgehead atoms. The van der Waals surface area contributed by atoms with Crippen molar-refractivity contribution in [2.45, 2.75) is 32.2 Å². The van der Waals surface area contributed by atoms with Gasteiger partial charge in [0.05, 0.1) is 55.6 Å². The predicted molar refractivity (Wildman–Crippen MR) is 154 cm³/mol. The minimum atomic E-state index is -1.20. The van der Waals surface area contributed by atoms with Crippen LogP contribution >= 0.6 is 0 Å². The Morgan fingerprint density at radius 1 is 1.21 bits per heavy atom. The molecule has 13 heteroatoms. The normalized spacial score (nSPS) is 16.2. The average molecular weight is 586 g/mol. The minimum absolute atomic E-state index is 0.0355. The van der Waals surface area contributed by atoms with Crippen molar-refractivity contribution in [3.05, 3.63) is 76.9 Å². The van der Waals surface area contributed by atoms with E-state index in [2.05, 4.69) is 21.1 Å². The van der Waals surface area contributed by atoms with Gasteiger partial charge in [-0.15, -0.1) is 0 Å². The Labute approximate surface area is 246 Å². The number of carbonyl (C=O) groups is 1. The van der Waals surface area contributed by atoms with Crippen LogP contribution in [0.4, 0.5) is 10.2 Å². The molecule has 0 amide bonds. The van der Waals surface area contributed by atoms with Crippen LogP contribution in [0.15, 0.2) is 53.6 Å². The Morgan fingerprint density at radius 2 is 2.07 bits per heavy atom. The Balaban J connectivity index is 1.16. The summed E-state index contributed by atoms with van der Waals surface area (Å²) >= 11 is 0. The maximum atomic E-state index is 14.8. The summed E-state index contributed by atoms with van der Waals surface area (Å²) in [5.74, 6) is 0.345. The zero-order chi connectivity index (χ0) is 29.9. The summed E-state index contributed by atoms with van der Waals surface area (Å²) in [7, 11) is 1.55. The Morgan fingerprint density at radius 3 is 2.77 bits per heavy atom. The molecule has 1 fully saturated rings. The molecule has 4 heterocycles. The number of methoxy groups -OCH3 is 1. The van der Waals surface area contributed by atoms with Crippen LogP contribution < -0.4 is 14.4 Å². The van der Waals surface area contributed by atoms with E-state index in [4.69, 9.17) is 19.5 Å². The highest BCUT2D eigenvalue weighted by Crippen LogP contribution is 2.27. The van der Waals surface area contributed by atoms with Gasteiger partial charge in [-0.1, -0.05) is 12.1 Å². The lowest BCUT2D eigenvalue weighted by Crippen LogP contribution is -2.38. The van der Waals surface area contributed by atoms with Gasteiger partial charge in [0.1, 0.15) is 35.9 Å². The number of imidazole rings is 1. The number of fused-ring (bicyclic) bond motifs is 1. The number of hydrogen-bond acceptors (Lipinski definition) is 10. The third kappa shape index (κ3) is 5.91. The van der Waals surface area contributed by atoms with Gasteiger partial charge in [0.15, 0.2) is 5.82 Å². The summed E-state index contributed by atoms with van der Waals surface area (Å²) in [6, 6.07) is 15.2. The summed E-state index contributed by atoms with van der Waals surface area (Å²) in [5.41, 5.74) is 1.71. The van der Waals surface area contributed by atoms with E-state index in [-0.39, 0.29) is 23.8 Å². The molecule has 43 heavy (non-hydrogen) atoms. The molecule has 2 aliphatic rings. The number of nitriles is 1. The number of hydrazone groups is 1. The fourth-order valence-corrected chi connectivity index (χ4v) is 4.97. The molecule has 1 saturated heterocycles. The molecule has 0 aliphatic carbocycles. The first-order chi connectivity index (χ1) is 20.9. The molecule has 6 rings (SSSR count). The van der Waals surface area contributed by atoms with E-state index >= 15 is 0 Å². The number of ether oxygens (including phenoxy) is 3. The van der Waals surface area contributed by atoms with Gasteiger partial charge in [-0.2, -0.15) is 15.3 Å². The molecule has 2 aromatic heterocycles. The van der Waals surface area contributed by atoms with Gasteiger partial charge in [-0.3, -0.25) is 5.01 Å². The summed E-state index contributed by atoms with van der Waals surface area (Å²) in [6.45, 7) is 2.75. The van der Waals surface area contributed by atoms with E-state index in [0.29, 0.717) is 67.1 Å². The molecule has 0 radical (unpaired) electrons.